The molecule has 2 aromatic rings. The van der Waals surface area contributed by atoms with Gasteiger partial charge in [0.05, 0.1) is 0 Å². The molecular formula is C21H25NO. The summed E-state index contributed by atoms with van der Waals surface area (Å²) in [6, 6.07) is 15.1. The first-order valence-electron chi connectivity index (χ1n) is 8.59. The first kappa shape index (κ1) is 14.9. The maximum absolute atomic E-state index is 11.9. The fourth-order valence-electron chi connectivity index (χ4n) is 4.63. The van der Waals surface area contributed by atoms with E-state index < -0.39 is 5.60 Å². The van der Waals surface area contributed by atoms with Crippen LogP contribution in [0.15, 0.2) is 42.5 Å². The third kappa shape index (κ3) is 2.16. The number of fused-ring (bicyclic) bond motifs is 3. The van der Waals surface area contributed by atoms with E-state index >= 15 is 0 Å². The average molecular weight is 307 g/mol. The van der Waals surface area contributed by atoms with Crippen LogP contribution in [0.1, 0.15) is 40.2 Å². The fraction of sp³-hybridized carbons (Fsp3) is 0.429. The highest BCUT2D eigenvalue weighted by molar-refractivity contribution is 5.51. The van der Waals surface area contributed by atoms with Gasteiger partial charge in [-0.25, -0.2) is 0 Å². The molecule has 0 bridgehead atoms. The standard InChI is InChI=1S/C21H25NO/c1-14-4-7-16(8-5-14)21(23)19-10-11-22(3)13-18(19)17-9-6-15(2)12-20(17)21/h4-9,12,18-19,23H,10-11,13H2,1-3H3/t18-,19-,21?/m1/s1. The largest absolute Gasteiger partial charge is 0.380 e. The molecule has 2 nitrogen and oxygen atoms in total. The number of hydrogen-bond acceptors (Lipinski definition) is 2. The van der Waals surface area contributed by atoms with Gasteiger partial charge < -0.3 is 10.0 Å². The third-order valence-corrected chi connectivity index (χ3v) is 5.86. The number of nitrogens with zero attached hydrogens (tertiary/aromatic N) is 1. The lowest BCUT2D eigenvalue weighted by molar-refractivity contribution is -0.00454. The van der Waals surface area contributed by atoms with Crippen LogP contribution in [0.2, 0.25) is 0 Å². The first-order chi connectivity index (χ1) is 11.0. The van der Waals surface area contributed by atoms with Gasteiger partial charge in [-0.15, -0.1) is 0 Å². The van der Waals surface area contributed by atoms with E-state index in [0.717, 1.165) is 30.6 Å². The number of likely N-dealkylation sites (tertiary alicyclic amines) is 1. The Morgan fingerprint density at radius 2 is 1.74 bits per heavy atom. The Morgan fingerprint density at radius 3 is 2.48 bits per heavy atom. The zero-order valence-electron chi connectivity index (χ0n) is 14.2. The van der Waals surface area contributed by atoms with E-state index in [1.807, 2.05) is 0 Å². The Hall–Kier alpha value is -1.64. The number of likely N-dealkylation sites (N-methyl/N-ethyl adjacent to an activating group) is 1. The molecule has 120 valence electrons. The Labute approximate surface area is 138 Å². The molecule has 2 aliphatic rings. The van der Waals surface area contributed by atoms with Crippen LogP contribution in [0.4, 0.5) is 0 Å². The fourth-order valence-corrected chi connectivity index (χ4v) is 4.63. The van der Waals surface area contributed by atoms with E-state index in [2.05, 4.69) is 68.3 Å². The van der Waals surface area contributed by atoms with Crippen molar-refractivity contribution in [3.63, 3.8) is 0 Å². The quantitative estimate of drug-likeness (QED) is 0.870. The van der Waals surface area contributed by atoms with Gasteiger partial charge >= 0.3 is 0 Å². The lowest BCUT2D eigenvalue weighted by Gasteiger charge is -2.39. The van der Waals surface area contributed by atoms with Gasteiger partial charge in [-0.2, -0.15) is 0 Å². The van der Waals surface area contributed by atoms with Crippen molar-refractivity contribution in [3.05, 3.63) is 70.3 Å². The Bertz CT molecular complexity index is 736. The van der Waals surface area contributed by atoms with Crippen LogP contribution in [0.25, 0.3) is 0 Å². The number of aryl methyl sites for hydroxylation is 2. The van der Waals surface area contributed by atoms with Crippen LogP contribution in [0.3, 0.4) is 0 Å². The predicted octanol–water partition coefficient (Wildman–Crippen LogP) is 3.59. The Balaban J connectivity index is 1.91. The number of hydrogen-bond donors (Lipinski definition) is 1. The average Bonchev–Trinajstić information content (AvgIpc) is 2.77. The molecule has 3 atom stereocenters. The molecule has 0 aromatic heterocycles. The number of benzene rings is 2. The minimum atomic E-state index is -0.846. The van der Waals surface area contributed by atoms with Gasteiger partial charge in [0, 0.05) is 18.4 Å². The summed E-state index contributed by atoms with van der Waals surface area (Å²) in [5.41, 5.74) is 5.14. The van der Waals surface area contributed by atoms with Gasteiger partial charge in [0.1, 0.15) is 5.60 Å². The van der Waals surface area contributed by atoms with Crippen molar-refractivity contribution in [3.8, 4) is 0 Å². The molecule has 0 radical (unpaired) electrons. The number of rotatable bonds is 1. The van der Waals surface area contributed by atoms with Gasteiger partial charge in [-0.3, -0.25) is 0 Å². The van der Waals surface area contributed by atoms with Crippen molar-refractivity contribution >= 4 is 0 Å². The summed E-state index contributed by atoms with van der Waals surface area (Å²) in [6.07, 6.45) is 1.04. The van der Waals surface area contributed by atoms with Gasteiger partial charge in [-0.05, 0) is 50.6 Å². The molecule has 0 saturated carbocycles. The SMILES string of the molecule is Cc1ccc(C2(O)c3cc(C)ccc3[C@H]3CN(C)CC[C@H]32)cc1. The number of piperidine rings is 1. The van der Waals surface area contributed by atoms with Crippen LogP contribution in [0.5, 0.6) is 0 Å². The Kier molecular flexibility index (Phi) is 3.36. The van der Waals surface area contributed by atoms with E-state index in [1.54, 1.807) is 0 Å². The van der Waals surface area contributed by atoms with Crippen molar-refractivity contribution in [2.24, 2.45) is 5.92 Å². The van der Waals surface area contributed by atoms with E-state index in [0.29, 0.717) is 5.92 Å². The molecule has 2 heteroatoms. The summed E-state index contributed by atoms with van der Waals surface area (Å²) in [7, 11) is 2.19. The summed E-state index contributed by atoms with van der Waals surface area (Å²) in [6.45, 7) is 6.31. The van der Waals surface area contributed by atoms with Crippen LogP contribution in [0, 0.1) is 19.8 Å². The summed E-state index contributed by atoms with van der Waals surface area (Å²) < 4.78 is 0. The molecule has 0 spiro atoms. The van der Waals surface area contributed by atoms with Crippen LogP contribution < -0.4 is 0 Å². The first-order valence-corrected chi connectivity index (χ1v) is 8.59. The van der Waals surface area contributed by atoms with E-state index in [1.165, 1.54) is 16.7 Å². The zero-order chi connectivity index (χ0) is 16.2. The molecule has 0 amide bonds. The predicted molar refractivity (Wildman–Crippen MR) is 93.7 cm³/mol. The van der Waals surface area contributed by atoms with Crippen molar-refractivity contribution in [2.75, 3.05) is 20.1 Å². The highest BCUT2D eigenvalue weighted by Crippen LogP contribution is 2.55. The molecule has 23 heavy (non-hydrogen) atoms. The second-order valence-corrected chi connectivity index (χ2v) is 7.49. The van der Waals surface area contributed by atoms with E-state index in [9.17, 15) is 5.11 Å². The topological polar surface area (TPSA) is 23.5 Å². The molecule has 4 rings (SSSR count). The molecule has 1 saturated heterocycles. The lowest BCUT2D eigenvalue weighted by Crippen LogP contribution is -2.42. The molecule has 2 aromatic carbocycles. The summed E-state index contributed by atoms with van der Waals surface area (Å²) in [5.74, 6) is 0.703. The molecule has 1 aliphatic carbocycles. The molecular weight excluding hydrogens is 282 g/mol. The third-order valence-electron chi connectivity index (χ3n) is 5.86. The minimum Gasteiger partial charge on any atom is -0.380 e. The molecule has 1 N–H and O–H groups in total. The van der Waals surface area contributed by atoms with Crippen LogP contribution >= 0.6 is 0 Å². The smallest absolute Gasteiger partial charge is 0.118 e. The summed E-state index contributed by atoms with van der Waals surface area (Å²) in [5, 5.41) is 11.9. The maximum atomic E-state index is 11.9. The second kappa shape index (κ2) is 5.19. The summed E-state index contributed by atoms with van der Waals surface area (Å²) in [4.78, 5) is 2.39. The monoisotopic (exact) mass is 307 g/mol. The van der Waals surface area contributed by atoms with E-state index in [-0.39, 0.29) is 5.92 Å². The van der Waals surface area contributed by atoms with E-state index in [4.69, 9.17) is 0 Å². The molecule has 1 unspecified atom stereocenters. The van der Waals surface area contributed by atoms with Gasteiger partial charge in [0.25, 0.3) is 0 Å². The molecule has 1 aliphatic heterocycles. The van der Waals surface area contributed by atoms with Gasteiger partial charge in [-0.1, -0.05) is 53.6 Å². The maximum Gasteiger partial charge on any atom is 0.118 e. The summed E-state index contributed by atoms with van der Waals surface area (Å²) >= 11 is 0. The highest BCUT2D eigenvalue weighted by atomic mass is 16.3. The van der Waals surface area contributed by atoms with Crippen molar-refractivity contribution < 1.29 is 5.11 Å². The van der Waals surface area contributed by atoms with Crippen LogP contribution in [-0.4, -0.2) is 30.1 Å². The highest BCUT2D eigenvalue weighted by Gasteiger charge is 2.53. The second-order valence-electron chi connectivity index (χ2n) is 7.49. The van der Waals surface area contributed by atoms with Crippen LogP contribution in [-0.2, 0) is 5.60 Å². The van der Waals surface area contributed by atoms with Gasteiger partial charge in [0.2, 0.25) is 0 Å². The molecule has 1 fully saturated rings. The lowest BCUT2D eigenvalue weighted by atomic mass is 9.74. The molecule has 1 heterocycles. The zero-order valence-corrected chi connectivity index (χ0v) is 14.2. The van der Waals surface area contributed by atoms with Crippen molar-refractivity contribution in [1.82, 2.24) is 4.90 Å². The normalized spacial score (nSPS) is 30.1. The van der Waals surface area contributed by atoms with Crippen molar-refractivity contribution in [2.45, 2.75) is 31.8 Å². The minimum absolute atomic E-state index is 0.276. The van der Waals surface area contributed by atoms with Crippen molar-refractivity contribution in [1.29, 1.82) is 0 Å². The Morgan fingerprint density at radius 1 is 1.04 bits per heavy atom. The van der Waals surface area contributed by atoms with Gasteiger partial charge in [0.15, 0.2) is 0 Å². The number of aliphatic hydroxyl groups is 1.